The first kappa shape index (κ1) is 19.3. The molecule has 5 fully saturated rings. The SMILES string of the molecule is O=C(NC12CC(C1)C2)O[C@H]1CC[C@@H](c2cc(Nc3nccc4nc(C5CC5)cn34)n[nH]2)[C@@H]1F. The van der Waals surface area contributed by atoms with E-state index < -0.39 is 18.4 Å². The molecule has 5 aliphatic rings. The van der Waals surface area contributed by atoms with Gasteiger partial charge in [0.15, 0.2) is 5.82 Å². The number of nitrogens with zero attached hydrogens (tertiary/aromatic N) is 4. The zero-order valence-corrected chi connectivity index (χ0v) is 18.1. The molecule has 5 aliphatic carbocycles. The molecule has 3 aromatic rings. The fraction of sp³-hybridized carbons (Fsp3) is 0.565. The maximum Gasteiger partial charge on any atom is 0.407 e. The average Bonchev–Trinajstić information content (AvgIpc) is 3.16. The van der Waals surface area contributed by atoms with Gasteiger partial charge in [0.05, 0.1) is 5.69 Å². The molecule has 9 nitrogen and oxygen atoms in total. The first-order valence-electron chi connectivity index (χ1n) is 11.8. The standard InChI is InChI=1S/C23H26FN7O2/c24-20-14(3-4-17(20)33-22(32)28-23-8-12(9-23)10-23)15-7-18(30-29-15)27-21-25-6-5-19-26-16(11-31(19)21)13-1-2-13/h5-7,11-14,17,20H,1-4,8-10H2,(H,28,32)(H2,25,27,29,30)/t12?,14-,17-,20-,23?/m0/s1. The van der Waals surface area contributed by atoms with Gasteiger partial charge in [0.25, 0.3) is 0 Å². The number of halogens is 1. The largest absolute Gasteiger partial charge is 0.443 e. The van der Waals surface area contributed by atoms with Crippen molar-refractivity contribution < 1.29 is 13.9 Å². The molecule has 2 bridgehead atoms. The zero-order valence-electron chi connectivity index (χ0n) is 18.1. The van der Waals surface area contributed by atoms with Crippen LogP contribution >= 0.6 is 0 Å². The fourth-order valence-corrected chi connectivity index (χ4v) is 5.70. The number of anilines is 2. The number of fused-ring (bicyclic) bond motifs is 1. The summed E-state index contributed by atoms with van der Waals surface area (Å²) in [5.41, 5.74) is 2.54. The van der Waals surface area contributed by atoms with Gasteiger partial charge in [-0.25, -0.2) is 19.2 Å². The van der Waals surface area contributed by atoms with Crippen LogP contribution in [0.2, 0.25) is 0 Å². The number of imidazole rings is 1. The van der Waals surface area contributed by atoms with Crippen LogP contribution in [0.1, 0.15) is 68.2 Å². The van der Waals surface area contributed by atoms with Crippen molar-refractivity contribution in [3.63, 3.8) is 0 Å². The Morgan fingerprint density at radius 1 is 1.24 bits per heavy atom. The summed E-state index contributed by atoms with van der Waals surface area (Å²) < 4.78 is 22.5. The second kappa shape index (κ2) is 6.91. The van der Waals surface area contributed by atoms with Gasteiger partial charge in [-0.15, -0.1) is 0 Å². The molecule has 0 aliphatic heterocycles. The van der Waals surface area contributed by atoms with Crippen molar-refractivity contribution in [3.8, 4) is 0 Å². The second-order valence-corrected chi connectivity index (χ2v) is 10.2. The van der Waals surface area contributed by atoms with Gasteiger partial charge in [-0.1, -0.05) is 0 Å². The number of aromatic nitrogens is 5. The smallest absolute Gasteiger partial charge is 0.407 e. The predicted molar refractivity (Wildman–Crippen MR) is 117 cm³/mol. The Morgan fingerprint density at radius 2 is 2.09 bits per heavy atom. The number of carbonyl (C=O) groups is 1. The summed E-state index contributed by atoms with van der Waals surface area (Å²) in [5.74, 6) is 2.09. The van der Waals surface area contributed by atoms with E-state index in [1.165, 1.54) is 12.8 Å². The van der Waals surface area contributed by atoms with Gasteiger partial charge in [0, 0.05) is 41.5 Å². The molecule has 3 heterocycles. The summed E-state index contributed by atoms with van der Waals surface area (Å²) in [6, 6.07) is 3.68. The van der Waals surface area contributed by atoms with Gasteiger partial charge in [-0.3, -0.25) is 9.50 Å². The molecule has 1 amide bonds. The Kier molecular flexibility index (Phi) is 4.05. The van der Waals surface area contributed by atoms with Crippen LogP contribution in [0, 0.1) is 5.92 Å². The van der Waals surface area contributed by atoms with Gasteiger partial charge in [0.1, 0.15) is 17.9 Å². The van der Waals surface area contributed by atoms with Crippen molar-refractivity contribution in [2.24, 2.45) is 5.92 Å². The summed E-state index contributed by atoms with van der Waals surface area (Å²) in [4.78, 5) is 21.3. The number of alkyl halides is 1. The lowest BCUT2D eigenvalue weighted by molar-refractivity contribution is -0.0532. The first-order valence-corrected chi connectivity index (χ1v) is 11.8. The highest BCUT2D eigenvalue weighted by atomic mass is 19.1. The number of H-pyrrole nitrogens is 1. The predicted octanol–water partition coefficient (Wildman–Crippen LogP) is 3.94. The summed E-state index contributed by atoms with van der Waals surface area (Å²) in [5, 5.41) is 13.4. The van der Waals surface area contributed by atoms with E-state index in [2.05, 4.69) is 30.8 Å². The molecular formula is C23H26FN7O2. The molecule has 3 atom stereocenters. The summed E-state index contributed by atoms with van der Waals surface area (Å²) in [6.45, 7) is 0. The van der Waals surface area contributed by atoms with E-state index in [0.29, 0.717) is 36.2 Å². The molecule has 0 saturated heterocycles. The van der Waals surface area contributed by atoms with E-state index in [0.717, 1.165) is 36.5 Å². The van der Waals surface area contributed by atoms with E-state index in [4.69, 9.17) is 4.74 Å². The number of nitrogens with one attached hydrogen (secondary N) is 3. The Labute approximate surface area is 189 Å². The van der Waals surface area contributed by atoms with Crippen LogP contribution in [0.15, 0.2) is 24.5 Å². The highest BCUT2D eigenvalue weighted by Crippen LogP contribution is 2.57. The van der Waals surface area contributed by atoms with Crippen LogP contribution in [-0.2, 0) is 4.74 Å². The Hall–Kier alpha value is -3.17. The van der Waals surface area contributed by atoms with Crippen molar-refractivity contribution in [1.29, 1.82) is 0 Å². The molecule has 8 rings (SSSR count). The van der Waals surface area contributed by atoms with Gasteiger partial charge in [-0.2, -0.15) is 5.10 Å². The van der Waals surface area contributed by atoms with Crippen LogP contribution in [0.25, 0.3) is 5.65 Å². The highest BCUT2D eigenvalue weighted by molar-refractivity contribution is 5.69. The molecule has 172 valence electrons. The number of hydrogen-bond acceptors (Lipinski definition) is 6. The second-order valence-electron chi connectivity index (χ2n) is 10.2. The van der Waals surface area contributed by atoms with Crippen LogP contribution < -0.4 is 10.6 Å². The maximum atomic E-state index is 15.2. The summed E-state index contributed by atoms with van der Waals surface area (Å²) in [7, 11) is 0. The van der Waals surface area contributed by atoms with E-state index in [9.17, 15) is 4.79 Å². The van der Waals surface area contributed by atoms with E-state index in [1.54, 1.807) is 12.3 Å². The molecule has 0 spiro atoms. The summed E-state index contributed by atoms with van der Waals surface area (Å²) in [6.07, 6.45) is 7.78. The minimum absolute atomic E-state index is 0.0684. The number of ether oxygens (including phenoxy) is 1. The fourth-order valence-electron chi connectivity index (χ4n) is 5.70. The molecule has 33 heavy (non-hydrogen) atoms. The van der Waals surface area contributed by atoms with Gasteiger partial charge in [0.2, 0.25) is 5.95 Å². The van der Waals surface area contributed by atoms with Crippen molar-refractivity contribution in [2.45, 2.75) is 74.6 Å². The third kappa shape index (κ3) is 3.26. The normalized spacial score (nSPS) is 32.3. The zero-order chi connectivity index (χ0) is 22.2. The molecule has 0 radical (unpaired) electrons. The number of amides is 1. The lowest BCUT2D eigenvalue weighted by Gasteiger charge is -2.61. The van der Waals surface area contributed by atoms with Crippen molar-refractivity contribution in [2.75, 3.05) is 5.32 Å². The monoisotopic (exact) mass is 451 g/mol. The molecule has 3 aromatic heterocycles. The molecule has 3 N–H and O–H groups in total. The van der Waals surface area contributed by atoms with E-state index in [-0.39, 0.29) is 11.5 Å². The molecule has 5 saturated carbocycles. The maximum absolute atomic E-state index is 15.2. The third-order valence-corrected chi connectivity index (χ3v) is 7.80. The number of rotatable bonds is 6. The van der Waals surface area contributed by atoms with Crippen LogP contribution in [0.3, 0.4) is 0 Å². The Morgan fingerprint density at radius 3 is 2.85 bits per heavy atom. The van der Waals surface area contributed by atoms with Crippen LogP contribution in [-0.4, -0.2) is 48.5 Å². The number of hydrogen-bond donors (Lipinski definition) is 3. The Balaban J connectivity index is 1.02. The first-order chi connectivity index (χ1) is 16.1. The minimum Gasteiger partial charge on any atom is -0.443 e. The molecule has 10 heteroatoms. The van der Waals surface area contributed by atoms with Crippen molar-refractivity contribution in [3.05, 3.63) is 35.9 Å². The van der Waals surface area contributed by atoms with E-state index >= 15 is 4.39 Å². The Bertz CT molecular complexity index is 1220. The van der Waals surface area contributed by atoms with Gasteiger partial charge in [-0.05, 0) is 56.9 Å². The lowest BCUT2D eigenvalue weighted by Crippen LogP contribution is -2.68. The molecule has 0 aromatic carbocycles. The van der Waals surface area contributed by atoms with Gasteiger partial charge < -0.3 is 15.4 Å². The average molecular weight is 452 g/mol. The van der Waals surface area contributed by atoms with Gasteiger partial charge >= 0.3 is 6.09 Å². The van der Waals surface area contributed by atoms with Crippen LogP contribution in [0.5, 0.6) is 0 Å². The van der Waals surface area contributed by atoms with Crippen molar-refractivity contribution in [1.82, 2.24) is 29.9 Å². The van der Waals surface area contributed by atoms with Crippen LogP contribution in [0.4, 0.5) is 21.0 Å². The molecule has 0 unspecified atom stereocenters. The lowest BCUT2D eigenvalue weighted by atomic mass is 9.50. The molecular weight excluding hydrogens is 425 g/mol. The summed E-state index contributed by atoms with van der Waals surface area (Å²) >= 11 is 0. The highest BCUT2D eigenvalue weighted by Gasteiger charge is 2.58. The minimum atomic E-state index is -1.27. The number of alkyl carbamates (subject to hydrolysis) is 1. The van der Waals surface area contributed by atoms with Crippen molar-refractivity contribution >= 4 is 23.5 Å². The topological polar surface area (TPSA) is 109 Å². The number of carbonyl (C=O) groups excluding carboxylic acids is 1. The number of aromatic amines is 1. The van der Waals surface area contributed by atoms with E-state index in [1.807, 2.05) is 16.7 Å². The quantitative estimate of drug-likeness (QED) is 0.524. The third-order valence-electron chi connectivity index (χ3n) is 7.80.